The second kappa shape index (κ2) is 10.7. The average Bonchev–Trinajstić information content (AvgIpc) is 3.83. The number of carbonyl (C=O) groups excluding carboxylic acids is 1. The molecule has 3 fully saturated rings. The van der Waals surface area contributed by atoms with Crippen molar-refractivity contribution in [3.05, 3.63) is 101 Å². The van der Waals surface area contributed by atoms with Gasteiger partial charge in [-0.05, 0) is 73.7 Å². The average molecular weight is 549 g/mol. The smallest absolute Gasteiger partial charge is 0.267 e. The first-order valence-corrected chi connectivity index (χ1v) is 15.3. The molecular weight excluding hydrogens is 515 g/mol. The largest absolute Gasteiger partial charge is 0.489 e. The fourth-order valence-corrected chi connectivity index (χ4v) is 6.86. The molecule has 0 radical (unpaired) electrons. The summed E-state index contributed by atoms with van der Waals surface area (Å²) in [4.78, 5) is 15.1. The van der Waals surface area contributed by atoms with Gasteiger partial charge in [0.25, 0.3) is 5.91 Å². The van der Waals surface area contributed by atoms with Crippen molar-refractivity contribution in [1.82, 2.24) is 9.62 Å². The van der Waals surface area contributed by atoms with Gasteiger partial charge in [0.15, 0.2) is 0 Å². The Hall–Kier alpha value is -3.23. The molecular formula is C31H33FN2O4S. The predicted molar refractivity (Wildman–Crippen MR) is 148 cm³/mol. The van der Waals surface area contributed by atoms with Crippen LogP contribution in [0.15, 0.2) is 72.8 Å². The lowest BCUT2D eigenvalue weighted by atomic mass is 9.94. The van der Waals surface area contributed by atoms with Crippen molar-refractivity contribution in [3.8, 4) is 5.75 Å². The zero-order valence-electron chi connectivity index (χ0n) is 21.8. The molecule has 39 heavy (non-hydrogen) atoms. The molecule has 8 heteroatoms. The zero-order chi connectivity index (χ0) is 27.0. The Morgan fingerprint density at radius 3 is 2.15 bits per heavy atom. The van der Waals surface area contributed by atoms with E-state index in [1.807, 2.05) is 12.1 Å². The number of hydrogen-bond donors (Lipinski definition) is 1. The highest BCUT2D eigenvalue weighted by atomic mass is 32.2. The minimum Gasteiger partial charge on any atom is -0.489 e. The van der Waals surface area contributed by atoms with Gasteiger partial charge >= 0.3 is 0 Å². The summed E-state index contributed by atoms with van der Waals surface area (Å²) < 4.78 is 48.3. The Bertz CT molecular complexity index is 1400. The van der Waals surface area contributed by atoms with Gasteiger partial charge in [0.05, 0.1) is 16.9 Å². The van der Waals surface area contributed by atoms with Gasteiger partial charge in [-0.25, -0.2) is 17.5 Å². The van der Waals surface area contributed by atoms with Gasteiger partial charge in [-0.1, -0.05) is 60.7 Å². The SMILES string of the molecule is O=C(NS(=O)(=O)C1CC1)c1cc(C2CC2)c(OC2CCCN(C(c3ccccc3)c3ccccc3)C2)cc1F. The normalized spacial score (nSPS) is 20.1. The number of sulfonamides is 1. The number of ether oxygens (including phenoxy) is 1. The third kappa shape index (κ3) is 5.87. The van der Waals surface area contributed by atoms with Gasteiger partial charge in [0.1, 0.15) is 17.7 Å². The Labute approximate surface area is 229 Å². The fraction of sp³-hybridized carbons (Fsp3) is 0.387. The van der Waals surface area contributed by atoms with Gasteiger partial charge < -0.3 is 4.74 Å². The van der Waals surface area contributed by atoms with Crippen LogP contribution in [0.5, 0.6) is 5.75 Å². The summed E-state index contributed by atoms with van der Waals surface area (Å²) in [5.74, 6) is -1.03. The third-order valence-electron chi connectivity index (χ3n) is 7.86. The second-order valence-corrected chi connectivity index (χ2v) is 12.9. The predicted octanol–water partition coefficient (Wildman–Crippen LogP) is 5.56. The molecule has 0 aromatic heterocycles. The van der Waals surface area contributed by atoms with Crippen molar-refractivity contribution in [2.24, 2.45) is 0 Å². The van der Waals surface area contributed by atoms with Crippen LogP contribution < -0.4 is 9.46 Å². The van der Waals surface area contributed by atoms with Gasteiger partial charge in [-0.15, -0.1) is 0 Å². The summed E-state index contributed by atoms with van der Waals surface area (Å²) in [6.45, 7) is 1.61. The van der Waals surface area contributed by atoms with Gasteiger partial charge in [0.2, 0.25) is 10.0 Å². The molecule has 1 saturated heterocycles. The molecule has 1 unspecified atom stereocenters. The minimum absolute atomic E-state index is 0.0814. The topological polar surface area (TPSA) is 75.7 Å². The van der Waals surface area contributed by atoms with Crippen molar-refractivity contribution in [2.75, 3.05) is 13.1 Å². The van der Waals surface area contributed by atoms with Gasteiger partial charge in [-0.2, -0.15) is 0 Å². The van der Waals surface area contributed by atoms with E-state index < -0.39 is 27.0 Å². The van der Waals surface area contributed by atoms with Crippen LogP contribution in [0.25, 0.3) is 0 Å². The first kappa shape index (κ1) is 26.0. The lowest BCUT2D eigenvalue weighted by Crippen LogP contribution is -2.43. The number of amides is 1. The maximum absolute atomic E-state index is 15.2. The van der Waals surface area contributed by atoms with E-state index in [1.165, 1.54) is 23.3 Å². The highest BCUT2D eigenvalue weighted by Gasteiger charge is 2.38. The molecule has 3 aliphatic rings. The molecule has 0 bridgehead atoms. The molecule has 6 nitrogen and oxygen atoms in total. The molecule has 3 aromatic rings. The maximum atomic E-state index is 15.2. The molecule has 204 valence electrons. The van der Waals surface area contributed by atoms with Crippen LogP contribution in [0.1, 0.15) is 77.5 Å². The van der Waals surface area contributed by atoms with E-state index in [1.54, 1.807) is 0 Å². The Balaban J connectivity index is 1.23. The molecule has 1 heterocycles. The molecule has 2 saturated carbocycles. The monoisotopic (exact) mass is 548 g/mol. The van der Waals surface area contributed by atoms with Crippen LogP contribution in [0.4, 0.5) is 4.39 Å². The molecule has 1 atom stereocenters. The van der Waals surface area contributed by atoms with E-state index in [9.17, 15) is 13.2 Å². The number of hydrogen-bond acceptors (Lipinski definition) is 5. The van der Waals surface area contributed by atoms with Crippen LogP contribution >= 0.6 is 0 Å². The van der Waals surface area contributed by atoms with E-state index in [4.69, 9.17) is 4.74 Å². The third-order valence-corrected chi connectivity index (χ3v) is 9.68. The molecule has 1 amide bonds. The van der Waals surface area contributed by atoms with Crippen LogP contribution in [-0.2, 0) is 10.0 Å². The highest BCUT2D eigenvalue weighted by Crippen LogP contribution is 2.46. The molecule has 3 aromatic carbocycles. The first-order chi connectivity index (χ1) is 18.9. The van der Waals surface area contributed by atoms with Gasteiger partial charge in [0, 0.05) is 12.6 Å². The van der Waals surface area contributed by atoms with Crippen molar-refractivity contribution < 1.29 is 22.3 Å². The first-order valence-electron chi connectivity index (χ1n) is 13.8. The Morgan fingerprint density at radius 1 is 0.923 bits per heavy atom. The van der Waals surface area contributed by atoms with E-state index in [-0.39, 0.29) is 23.6 Å². The number of rotatable bonds is 9. The summed E-state index contributed by atoms with van der Waals surface area (Å²) in [6.07, 6.45) is 4.58. The van der Waals surface area contributed by atoms with Crippen LogP contribution in [0, 0.1) is 5.82 Å². The Kier molecular flexibility index (Phi) is 7.16. The molecule has 1 aliphatic heterocycles. The number of nitrogens with zero attached hydrogens (tertiary/aromatic N) is 1. The summed E-state index contributed by atoms with van der Waals surface area (Å²) in [6, 6.07) is 23.7. The fourth-order valence-electron chi connectivity index (χ4n) is 5.57. The number of benzene rings is 3. The number of halogens is 1. The van der Waals surface area contributed by atoms with Crippen molar-refractivity contribution in [1.29, 1.82) is 0 Å². The summed E-state index contributed by atoms with van der Waals surface area (Å²) in [5, 5.41) is -0.556. The van der Waals surface area contributed by atoms with Crippen molar-refractivity contribution >= 4 is 15.9 Å². The molecule has 2 aliphatic carbocycles. The number of piperidine rings is 1. The zero-order valence-corrected chi connectivity index (χ0v) is 22.6. The van der Waals surface area contributed by atoms with E-state index in [2.05, 4.69) is 58.2 Å². The lowest BCUT2D eigenvalue weighted by molar-refractivity contribution is 0.0703. The van der Waals surface area contributed by atoms with E-state index in [0.29, 0.717) is 25.1 Å². The van der Waals surface area contributed by atoms with Crippen LogP contribution in [0.3, 0.4) is 0 Å². The Morgan fingerprint density at radius 2 is 1.56 bits per heavy atom. The minimum atomic E-state index is -3.76. The summed E-state index contributed by atoms with van der Waals surface area (Å²) in [7, 11) is -3.76. The highest BCUT2D eigenvalue weighted by molar-refractivity contribution is 7.91. The number of carbonyl (C=O) groups is 1. The van der Waals surface area contributed by atoms with Crippen molar-refractivity contribution in [3.63, 3.8) is 0 Å². The van der Waals surface area contributed by atoms with Crippen molar-refractivity contribution in [2.45, 2.75) is 61.8 Å². The number of likely N-dealkylation sites (tertiary alicyclic amines) is 1. The van der Waals surface area contributed by atoms with E-state index >= 15 is 4.39 Å². The quantitative estimate of drug-likeness (QED) is 0.379. The summed E-state index contributed by atoms with van der Waals surface area (Å²) >= 11 is 0. The molecule has 6 rings (SSSR count). The summed E-state index contributed by atoms with van der Waals surface area (Å²) in [5.41, 5.74) is 2.97. The lowest BCUT2D eigenvalue weighted by Gasteiger charge is -2.39. The molecule has 1 N–H and O–H groups in total. The van der Waals surface area contributed by atoms with E-state index in [0.717, 1.165) is 37.8 Å². The molecule has 0 spiro atoms. The standard InChI is InChI=1S/C31H33FN2O4S/c32-28-19-29(26(21-13-14-21)18-27(28)31(35)33-39(36,37)25-15-16-25)38-24-12-7-17-34(20-24)30(22-8-3-1-4-9-22)23-10-5-2-6-11-23/h1-6,8-11,18-19,21,24-25,30H,7,12-17,20H2,(H,33,35). The van der Waals surface area contributed by atoms with Gasteiger partial charge in [-0.3, -0.25) is 9.69 Å². The maximum Gasteiger partial charge on any atom is 0.267 e. The van der Waals surface area contributed by atoms with Crippen LogP contribution in [0.2, 0.25) is 0 Å². The second-order valence-electron chi connectivity index (χ2n) is 10.9. The number of nitrogens with one attached hydrogen (secondary N) is 1. The van der Waals surface area contributed by atoms with Crippen LogP contribution in [-0.4, -0.2) is 43.7 Å².